The molecule has 1 aliphatic rings. The molecule has 1 aliphatic heterocycles. The third kappa shape index (κ3) is 4.47. The minimum absolute atomic E-state index is 0.00486. The largest absolute Gasteiger partial charge is 0.355 e. The summed E-state index contributed by atoms with van der Waals surface area (Å²) in [5.74, 6) is -0.142. The molecule has 1 unspecified atom stereocenters. The van der Waals surface area contributed by atoms with Gasteiger partial charge in [0.1, 0.15) is 0 Å². The van der Waals surface area contributed by atoms with Crippen molar-refractivity contribution >= 4 is 23.5 Å². The molecule has 1 aromatic rings. The Labute approximate surface area is 129 Å². The van der Waals surface area contributed by atoms with Gasteiger partial charge in [-0.3, -0.25) is 9.59 Å². The molecule has 0 saturated carbocycles. The van der Waals surface area contributed by atoms with Crippen molar-refractivity contribution in [1.29, 1.82) is 0 Å². The van der Waals surface area contributed by atoms with Crippen LogP contribution in [-0.2, 0) is 9.59 Å². The maximum Gasteiger partial charge on any atom is 0.315 e. The third-order valence-corrected chi connectivity index (χ3v) is 3.31. The van der Waals surface area contributed by atoms with Crippen molar-refractivity contribution in [3.05, 3.63) is 30.3 Å². The summed E-state index contributed by atoms with van der Waals surface area (Å²) >= 11 is 0. The van der Waals surface area contributed by atoms with E-state index in [0.717, 1.165) is 5.69 Å². The zero-order valence-corrected chi connectivity index (χ0v) is 12.5. The molecule has 1 fully saturated rings. The molecule has 0 spiro atoms. The maximum atomic E-state index is 12.0. The van der Waals surface area contributed by atoms with Crippen molar-refractivity contribution in [2.75, 3.05) is 24.5 Å². The van der Waals surface area contributed by atoms with Crippen LogP contribution in [0.25, 0.3) is 0 Å². The van der Waals surface area contributed by atoms with Crippen molar-refractivity contribution in [3.8, 4) is 0 Å². The molecular formula is C15H20N4O3. The van der Waals surface area contributed by atoms with E-state index in [1.54, 1.807) is 4.90 Å². The number of benzene rings is 1. The Morgan fingerprint density at radius 1 is 1.18 bits per heavy atom. The Morgan fingerprint density at radius 2 is 1.86 bits per heavy atom. The molecule has 2 rings (SSSR count). The zero-order valence-electron chi connectivity index (χ0n) is 12.5. The molecule has 0 bridgehead atoms. The quantitative estimate of drug-likeness (QED) is 0.680. The Bertz CT molecular complexity index is 547. The molecule has 7 nitrogen and oxygen atoms in total. The number of carbonyl (C=O) groups is 3. The van der Waals surface area contributed by atoms with Crippen LogP contribution in [0.15, 0.2) is 30.3 Å². The van der Waals surface area contributed by atoms with Crippen LogP contribution >= 0.6 is 0 Å². The first-order valence-corrected chi connectivity index (χ1v) is 7.20. The van der Waals surface area contributed by atoms with Crippen molar-refractivity contribution in [2.24, 2.45) is 0 Å². The lowest BCUT2D eigenvalue weighted by Gasteiger charge is -2.17. The molecule has 7 heteroatoms. The van der Waals surface area contributed by atoms with Crippen LogP contribution in [0.3, 0.4) is 0 Å². The van der Waals surface area contributed by atoms with E-state index in [9.17, 15) is 14.4 Å². The van der Waals surface area contributed by atoms with Gasteiger partial charge in [0.05, 0.1) is 6.04 Å². The second kappa shape index (κ2) is 7.44. The van der Waals surface area contributed by atoms with E-state index in [-0.39, 0.29) is 30.3 Å². The highest BCUT2D eigenvalue weighted by Gasteiger charge is 2.31. The number of amides is 4. The smallest absolute Gasteiger partial charge is 0.315 e. The number of nitrogens with zero attached hydrogens (tertiary/aromatic N) is 1. The number of rotatable bonds is 5. The zero-order chi connectivity index (χ0) is 15.9. The predicted molar refractivity (Wildman–Crippen MR) is 82.4 cm³/mol. The van der Waals surface area contributed by atoms with Gasteiger partial charge < -0.3 is 20.9 Å². The number of anilines is 1. The van der Waals surface area contributed by atoms with Crippen LogP contribution in [0.2, 0.25) is 0 Å². The van der Waals surface area contributed by atoms with Gasteiger partial charge >= 0.3 is 6.03 Å². The normalized spacial score (nSPS) is 17.2. The van der Waals surface area contributed by atoms with E-state index in [0.29, 0.717) is 19.6 Å². The Balaban J connectivity index is 1.77. The van der Waals surface area contributed by atoms with Crippen LogP contribution in [0.5, 0.6) is 0 Å². The minimum Gasteiger partial charge on any atom is -0.355 e. The summed E-state index contributed by atoms with van der Waals surface area (Å²) in [6.07, 6.45) is 0.286. The summed E-state index contributed by atoms with van der Waals surface area (Å²) in [4.78, 5) is 36.1. The molecule has 0 radical (unpaired) electrons. The number of para-hydroxylation sites is 1. The van der Waals surface area contributed by atoms with Crippen molar-refractivity contribution < 1.29 is 14.4 Å². The Hall–Kier alpha value is -2.57. The summed E-state index contributed by atoms with van der Waals surface area (Å²) in [5, 5.41) is 8.00. The van der Waals surface area contributed by atoms with Gasteiger partial charge in [-0.15, -0.1) is 0 Å². The first-order valence-electron chi connectivity index (χ1n) is 7.20. The van der Waals surface area contributed by atoms with Crippen LogP contribution < -0.4 is 20.9 Å². The number of nitrogens with one attached hydrogen (secondary N) is 3. The Kier molecular flexibility index (Phi) is 5.35. The average Bonchev–Trinajstić information content (AvgIpc) is 2.85. The molecule has 22 heavy (non-hydrogen) atoms. The van der Waals surface area contributed by atoms with E-state index >= 15 is 0 Å². The fourth-order valence-electron chi connectivity index (χ4n) is 2.31. The molecule has 3 N–H and O–H groups in total. The van der Waals surface area contributed by atoms with E-state index in [2.05, 4.69) is 16.0 Å². The van der Waals surface area contributed by atoms with Gasteiger partial charge in [-0.05, 0) is 12.1 Å². The first kappa shape index (κ1) is 15.8. The highest BCUT2D eigenvalue weighted by atomic mass is 16.2. The van der Waals surface area contributed by atoms with E-state index in [1.807, 2.05) is 30.3 Å². The highest BCUT2D eigenvalue weighted by Crippen LogP contribution is 2.20. The molecule has 1 saturated heterocycles. The topological polar surface area (TPSA) is 90.5 Å². The van der Waals surface area contributed by atoms with Crippen LogP contribution in [-0.4, -0.2) is 43.5 Å². The van der Waals surface area contributed by atoms with Crippen LogP contribution in [0.4, 0.5) is 10.5 Å². The molecule has 0 aliphatic carbocycles. The van der Waals surface area contributed by atoms with Gasteiger partial charge in [0.2, 0.25) is 11.8 Å². The Morgan fingerprint density at radius 3 is 2.55 bits per heavy atom. The lowest BCUT2D eigenvalue weighted by molar-refractivity contribution is -0.119. The maximum absolute atomic E-state index is 12.0. The molecule has 4 amide bonds. The fraction of sp³-hybridized carbons (Fsp3) is 0.400. The summed E-state index contributed by atoms with van der Waals surface area (Å²) in [6, 6.07) is 8.83. The summed E-state index contributed by atoms with van der Waals surface area (Å²) in [5.41, 5.74) is 0.836. The minimum atomic E-state index is -0.335. The number of carbonyl (C=O) groups excluding carboxylic acids is 3. The summed E-state index contributed by atoms with van der Waals surface area (Å²) < 4.78 is 0. The van der Waals surface area contributed by atoms with Crippen LogP contribution in [0.1, 0.15) is 13.3 Å². The molecule has 1 heterocycles. The standard InChI is InChI=1S/C15H20N4O3/c1-11(20)16-7-8-17-15(22)18-12-9-14(21)19(10-12)13-5-3-2-4-6-13/h2-6,12H,7-10H2,1H3,(H,16,20)(H2,17,18,22). The molecule has 1 aromatic carbocycles. The van der Waals surface area contributed by atoms with Crippen molar-refractivity contribution in [2.45, 2.75) is 19.4 Å². The summed E-state index contributed by atoms with van der Waals surface area (Å²) in [7, 11) is 0. The second-order valence-electron chi connectivity index (χ2n) is 5.12. The monoisotopic (exact) mass is 304 g/mol. The lowest BCUT2D eigenvalue weighted by Crippen LogP contribution is -2.45. The van der Waals surface area contributed by atoms with Gasteiger partial charge in [-0.1, -0.05) is 18.2 Å². The van der Waals surface area contributed by atoms with Crippen LogP contribution in [0, 0.1) is 0 Å². The predicted octanol–water partition coefficient (Wildman–Crippen LogP) is 0.227. The first-order chi connectivity index (χ1) is 10.6. The average molecular weight is 304 g/mol. The number of urea groups is 1. The summed E-state index contributed by atoms with van der Waals surface area (Å²) in [6.45, 7) is 2.60. The highest BCUT2D eigenvalue weighted by molar-refractivity contribution is 5.96. The van der Waals surface area contributed by atoms with Gasteiger partial charge in [0.15, 0.2) is 0 Å². The van der Waals surface area contributed by atoms with Gasteiger partial charge in [0.25, 0.3) is 0 Å². The van der Waals surface area contributed by atoms with E-state index in [1.165, 1.54) is 6.92 Å². The second-order valence-corrected chi connectivity index (χ2v) is 5.12. The SMILES string of the molecule is CC(=O)NCCNC(=O)NC1CC(=O)N(c2ccccc2)C1. The molecule has 0 aromatic heterocycles. The van der Waals surface area contributed by atoms with Gasteiger partial charge in [-0.25, -0.2) is 4.79 Å². The number of hydrogen-bond donors (Lipinski definition) is 3. The van der Waals surface area contributed by atoms with Crippen molar-refractivity contribution in [1.82, 2.24) is 16.0 Å². The van der Waals surface area contributed by atoms with Gasteiger partial charge in [-0.2, -0.15) is 0 Å². The lowest BCUT2D eigenvalue weighted by atomic mass is 10.2. The van der Waals surface area contributed by atoms with Crippen molar-refractivity contribution in [3.63, 3.8) is 0 Å². The van der Waals surface area contributed by atoms with E-state index in [4.69, 9.17) is 0 Å². The van der Waals surface area contributed by atoms with E-state index < -0.39 is 0 Å². The fourth-order valence-corrected chi connectivity index (χ4v) is 2.31. The third-order valence-electron chi connectivity index (χ3n) is 3.31. The number of hydrogen-bond acceptors (Lipinski definition) is 3. The molecule has 1 atom stereocenters. The molecule has 118 valence electrons. The van der Waals surface area contributed by atoms with Gasteiger partial charge in [0, 0.05) is 38.7 Å². The molecular weight excluding hydrogens is 284 g/mol.